The van der Waals surface area contributed by atoms with Gasteiger partial charge >= 0.3 is 0 Å². The monoisotopic (exact) mass is 840 g/mol. The maximum absolute atomic E-state index is 6.34. The number of nitrogens with zero attached hydrogens (tertiary/aromatic N) is 3. The molecule has 0 fully saturated rings. The van der Waals surface area contributed by atoms with Crippen molar-refractivity contribution in [3.63, 3.8) is 0 Å². The number of nitrogen functional groups attached to an aromatic ring is 1. The second-order valence-corrected chi connectivity index (χ2v) is 14.0. The summed E-state index contributed by atoms with van der Waals surface area (Å²) in [5, 5.41) is 4.64. The van der Waals surface area contributed by atoms with Crippen LogP contribution < -0.4 is 11.1 Å². The highest BCUT2D eigenvalue weighted by atomic mass is 16.6. The molecule has 0 aliphatic carbocycles. The van der Waals surface area contributed by atoms with E-state index in [1.54, 1.807) is 0 Å². The Bertz CT molecular complexity index is 1470. The van der Waals surface area contributed by atoms with Gasteiger partial charge in [0.05, 0.1) is 150 Å². The van der Waals surface area contributed by atoms with Crippen LogP contribution in [0.5, 0.6) is 0 Å². The summed E-state index contributed by atoms with van der Waals surface area (Å²) in [6.45, 7) is 22.5. The highest BCUT2D eigenvalue weighted by Crippen LogP contribution is 2.30. The van der Waals surface area contributed by atoms with Crippen LogP contribution in [0.4, 0.5) is 5.82 Å². The zero-order valence-corrected chi connectivity index (χ0v) is 36.2. The van der Waals surface area contributed by atoms with E-state index in [1.807, 2.05) is 25.1 Å². The van der Waals surface area contributed by atoms with E-state index in [-0.39, 0.29) is 5.54 Å². The molecular formula is C42H73N5O12. The SMILES string of the molecule is CCCOCCOCCOCCOCCOCCOCCOCCOCCOCCOCCOCCNC(C)(C)Cn1c(COCC)nc2c(N)nc3ccccc3c21. The molecule has 59 heavy (non-hydrogen) atoms. The molecule has 2 heterocycles. The highest BCUT2D eigenvalue weighted by molar-refractivity contribution is 6.06. The molecule has 1 aromatic carbocycles. The standard InChI is InChI=1S/C42H73N5O12/c1-5-12-49-14-16-51-18-20-53-22-24-55-26-28-57-30-32-59-33-31-58-29-27-56-25-23-54-21-19-52-17-15-50-13-11-44-42(3,4)35-47-38(34-48-6-2)46-39-40(47)36-9-7-8-10-37(36)45-41(39)43/h7-10,44H,5-6,11-35H2,1-4H3,(H2,43,45). The van der Waals surface area contributed by atoms with Gasteiger partial charge in [-0.2, -0.15) is 0 Å². The smallest absolute Gasteiger partial charge is 0.152 e. The van der Waals surface area contributed by atoms with Gasteiger partial charge in [-0.3, -0.25) is 0 Å². The third kappa shape index (κ3) is 22.7. The molecule has 17 heteroatoms. The molecule has 0 atom stereocenters. The van der Waals surface area contributed by atoms with E-state index >= 15 is 0 Å². The minimum Gasteiger partial charge on any atom is -0.382 e. The minimum absolute atomic E-state index is 0.261. The number of rotatable bonds is 41. The van der Waals surface area contributed by atoms with Gasteiger partial charge in [-0.25, -0.2) is 9.97 Å². The van der Waals surface area contributed by atoms with Crippen molar-refractivity contribution in [1.29, 1.82) is 0 Å². The Hall–Kier alpha value is -2.62. The number of hydrogen-bond donors (Lipinski definition) is 2. The van der Waals surface area contributed by atoms with E-state index in [2.05, 4.69) is 41.7 Å². The largest absolute Gasteiger partial charge is 0.382 e. The lowest BCUT2D eigenvalue weighted by molar-refractivity contribution is -0.0275. The first kappa shape index (κ1) is 50.7. The summed E-state index contributed by atoms with van der Waals surface area (Å²) < 4.78 is 68.8. The summed E-state index contributed by atoms with van der Waals surface area (Å²) in [5.74, 6) is 1.25. The number of anilines is 1. The van der Waals surface area contributed by atoms with Gasteiger partial charge in [0.2, 0.25) is 0 Å². The van der Waals surface area contributed by atoms with Gasteiger partial charge in [-0.15, -0.1) is 0 Å². The maximum Gasteiger partial charge on any atom is 0.152 e. The number of para-hydroxylation sites is 1. The number of aromatic nitrogens is 3. The fourth-order valence-electron chi connectivity index (χ4n) is 5.74. The number of nitrogens with two attached hydrogens (primary N) is 1. The molecule has 0 unspecified atom stereocenters. The van der Waals surface area contributed by atoms with Crippen LogP contribution in [0.25, 0.3) is 21.9 Å². The fourth-order valence-corrected chi connectivity index (χ4v) is 5.74. The molecule has 0 saturated carbocycles. The predicted octanol–water partition coefficient (Wildman–Crippen LogP) is 3.66. The van der Waals surface area contributed by atoms with Gasteiger partial charge in [0, 0.05) is 37.2 Å². The van der Waals surface area contributed by atoms with Crippen molar-refractivity contribution in [2.24, 2.45) is 0 Å². The third-order valence-corrected chi connectivity index (χ3v) is 8.60. The lowest BCUT2D eigenvalue weighted by Crippen LogP contribution is -2.45. The molecule has 3 aromatic rings. The normalized spacial score (nSPS) is 12.1. The first-order chi connectivity index (χ1) is 29.0. The molecule has 0 aliphatic heterocycles. The Balaban J connectivity index is 1.05. The van der Waals surface area contributed by atoms with Crippen LogP contribution in [0.3, 0.4) is 0 Å². The van der Waals surface area contributed by atoms with E-state index in [4.69, 9.17) is 67.6 Å². The molecule has 3 rings (SSSR count). The Labute approximate surface area is 351 Å². The average Bonchev–Trinajstić information content (AvgIpc) is 3.59. The summed E-state index contributed by atoms with van der Waals surface area (Å²) in [5.41, 5.74) is 8.61. The Morgan fingerprint density at radius 3 is 1.37 bits per heavy atom. The third-order valence-electron chi connectivity index (χ3n) is 8.60. The van der Waals surface area contributed by atoms with Crippen LogP contribution in [0.15, 0.2) is 24.3 Å². The zero-order chi connectivity index (χ0) is 42.1. The first-order valence-electron chi connectivity index (χ1n) is 21.2. The van der Waals surface area contributed by atoms with E-state index in [0.29, 0.717) is 176 Å². The van der Waals surface area contributed by atoms with Crippen LogP contribution in [0.2, 0.25) is 0 Å². The number of benzene rings is 1. The highest BCUT2D eigenvalue weighted by Gasteiger charge is 2.24. The van der Waals surface area contributed by atoms with E-state index in [1.165, 1.54) is 0 Å². The molecule has 0 spiro atoms. The molecule has 3 N–H and O–H groups in total. The predicted molar refractivity (Wildman–Crippen MR) is 226 cm³/mol. The van der Waals surface area contributed by atoms with Crippen LogP contribution >= 0.6 is 0 Å². The van der Waals surface area contributed by atoms with Crippen molar-refractivity contribution in [1.82, 2.24) is 19.9 Å². The topological polar surface area (TPSA) is 180 Å². The molecule has 2 aromatic heterocycles. The Kier molecular flexibility index (Phi) is 28.4. The summed E-state index contributed by atoms with van der Waals surface area (Å²) in [7, 11) is 0. The van der Waals surface area contributed by atoms with Gasteiger partial charge < -0.3 is 72.5 Å². The van der Waals surface area contributed by atoms with Crippen molar-refractivity contribution in [3.05, 3.63) is 30.1 Å². The van der Waals surface area contributed by atoms with Gasteiger partial charge in [0.15, 0.2) is 5.82 Å². The number of hydrogen-bond acceptors (Lipinski definition) is 16. The Morgan fingerprint density at radius 2 is 0.949 bits per heavy atom. The van der Waals surface area contributed by atoms with Gasteiger partial charge in [-0.1, -0.05) is 25.1 Å². The van der Waals surface area contributed by atoms with Crippen molar-refractivity contribution in [2.45, 2.75) is 52.8 Å². The zero-order valence-electron chi connectivity index (χ0n) is 36.2. The summed E-state index contributed by atoms with van der Waals surface area (Å²) >= 11 is 0. The van der Waals surface area contributed by atoms with Gasteiger partial charge in [-0.05, 0) is 33.3 Å². The van der Waals surface area contributed by atoms with Gasteiger partial charge in [0.25, 0.3) is 0 Å². The van der Waals surface area contributed by atoms with Gasteiger partial charge in [0.1, 0.15) is 17.9 Å². The Morgan fingerprint density at radius 1 is 0.542 bits per heavy atom. The van der Waals surface area contributed by atoms with Crippen LogP contribution in [0.1, 0.15) is 39.9 Å². The second-order valence-electron chi connectivity index (χ2n) is 14.0. The van der Waals surface area contributed by atoms with Crippen molar-refractivity contribution >= 4 is 27.8 Å². The van der Waals surface area contributed by atoms with Crippen molar-refractivity contribution in [2.75, 3.05) is 164 Å². The van der Waals surface area contributed by atoms with E-state index in [0.717, 1.165) is 35.3 Å². The average molecular weight is 840 g/mol. The van der Waals surface area contributed by atoms with Crippen LogP contribution in [-0.2, 0) is 70.0 Å². The molecule has 0 radical (unpaired) electrons. The minimum atomic E-state index is -0.261. The molecular weight excluding hydrogens is 766 g/mol. The van der Waals surface area contributed by atoms with Crippen molar-refractivity contribution in [3.8, 4) is 0 Å². The maximum atomic E-state index is 6.34. The quantitative estimate of drug-likeness (QED) is 0.0790. The lowest BCUT2D eigenvalue weighted by atomic mass is 10.1. The number of nitrogens with one attached hydrogen (secondary N) is 1. The number of pyridine rings is 1. The number of imidazole rings is 1. The van der Waals surface area contributed by atoms with Crippen LogP contribution in [0, 0.1) is 0 Å². The van der Waals surface area contributed by atoms with E-state index < -0.39 is 0 Å². The number of ether oxygens (including phenoxy) is 12. The molecule has 338 valence electrons. The van der Waals surface area contributed by atoms with E-state index in [9.17, 15) is 0 Å². The summed E-state index contributed by atoms with van der Waals surface area (Å²) in [6.07, 6.45) is 1.02. The lowest BCUT2D eigenvalue weighted by Gasteiger charge is -2.28. The molecule has 0 aliphatic rings. The molecule has 0 saturated heterocycles. The fraction of sp³-hybridized carbons (Fsp3) is 0.762. The number of fused-ring (bicyclic) bond motifs is 3. The molecule has 17 nitrogen and oxygen atoms in total. The summed E-state index contributed by atoms with van der Waals surface area (Å²) in [4.78, 5) is 9.42. The first-order valence-corrected chi connectivity index (χ1v) is 21.2. The molecule has 0 bridgehead atoms. The summed E-state index contributed by atoms with van der Waals surface area (Å²) in [6, 6.07) is 8.01. The molecule has 0 amide bonds. The van der Waals surface area contributed by atoms with Crippen LogP contribution in [-0.4, -0.2) is 179 Å². The van der Waals surface area contributed by atoms with Crippen molar-refractivity contribution < 1.29 is 56.8 Å². The second kappa shape index (κ2) is 33.1.